The van der Waals surface area contributed by atoms with E-state index in [2.05, 4.69) is 21.2 Å². The van der Waals surface area contributed by atoms with Crippen LogP contribution in [-0.4, -0.2) is 63.3 Å². The van der Waals surface area contributed by atoms with Gasteiger partial charge in [-0.1, -0.05) is 0 Å². The predicted molar refractivity (Wildman–Crippen MR) is 86.0 cm³/mol. The van der Waals surface area contributed by atoms with Crippen molar-refractivity contribution < 1.29 is 13.2 Å². The summed E-state index contributed by atoms with van der Waals surface area (Å²) in [5, 5.41) is 3.16. The molecule has 6 nitrogen and oxygen atoms in total. The minimum Gasteiger partial charge on any atom is -0.339 e. The fourth-order valence-corrected chi connectivity index (χ4v) is 5.56. The van der Waals surface area contributed by atoms with Gasteiger partial charge in [0.1, 0.15) is 4.21 Å². The summed E-state index contributed by atoms with van der Waals surface area (Å²) in [4.78, 5) is 13.8. The molecule has 1 aliphatic rings. The molecule has 1 N–H and O–H groups in total. The van der Waals surface area contributed by atoms with E-state index in [-0.39, 0.29) is 16.7 Å². The number of aryl methyl sites for hydroxylation is 1. The van der Waals surface area contributed by atoms with Gasteiger partial charge < -0.3 is 10.2 Å². The standard InChI is InChI=1S/C12H18BrN3O3S2/c1-9-7-11(20-12(9)13)21(18,19)15(2)8-10(17)16-5-3-14-4-6-16/h7,14H,3-6,8H2,1-2H3. The molecule has 2 rings (SSSR count). The Balaban J connectivity index is 2.07. The minimum atomic E-state index is -3.62. The first-order valence-electron chi connectivity index (χ1n) is 6.53. The number of rotatable bonds is 4. The number of carbonyl (C=O) groups is 1. The lowest BCUT2D eigenvalue weighted by molar-refractivity contribution is -0.131. The molecule has 21 heavy (non-hydrogen) atoms. The van der Waals surface area contributed by atoms with Gasteiger partial charge >= 0.3 is 0 Å². The molecule has 0 spiro atoms. The molecule has 0 aliphatic carbocycles. The lowest BCUT2D eigenvalue weighted by Crippen LogP contribution is -2.49. The Morgan fingerprint density at radius 3 is 2.62 bits per heavy atom. The fourth-order valence-electron chi connectivity index (χ4n) is 2.00. The van der Waals surface area contributed by atoms with Gasteiger partial charge in [0, 0.05) is 33.2 Å². The molecule has 0 aromatic carbocycles. The molecule has 0 radical (unpaired) electrons. The van der Waals surface area contributed by atoms with Crippen LogP contribution in [0.3, 0.4) is 0 Å². The molecule has 0 saturated carbocycles. The van der Waals surface area contributed by atoms with Gasteiger partial charge in [0.2, 0.25) is 5.91 Å². The summed E-state index contributed by atoms with van der Waals surface area (Å²) in [5.41, 5.74) is 0.875. The number of carbonyl (C=O) groups excluding carboxylic acids is 1. The Labute approximate surface area is 137 Å². The Kier molecular flexibility index (Phi) is 5.42. The maximum atomic E-state index is 12.4. The summed E-state index contributed by atoms with van der Waals surface area (Å²) in [7, 11) is -2.17. The van der Waals surface area contributed by atoms with E-state index in [0.717, 1.165) is 38.1 Å². The second kappa shape index (κ2) is 6.74. The van der Waals surface area contributed by atoms with E-state index in [1.54, 1.807) is 11.0 Å². The zero-order valence-corrected chi connectivity index (χ0v) is 15.1. The van der Waals surface area contributed by atoms with Gasteiger partial charge in [0.25, 0.3) is 10.0 Å². The number of likely N-dealkylation sites (N-methyl/N-ethyl adjacent to an activating group) is 1. The van der Waals surface area contributed by atoms with Crippen LogP contribution in [0.25, 0.3) is 0 Å². The zero-order valence-electron chi connectivity index (χ0n) is 11.9. The van der Waals surface area contributed by atoms with Gasteiger partial charge in [0.05, 0.1) is 10.3 Å². The van der Waals surface area contributed by atoms with Crippen molar-refractivity contribution in [3.05, 3.63) is 15.4 Å². The van der Waals surface area contributed by atoms with E-state index >= 15 is 0 Å². The summed E-state index contributed by atoms with van der Waals surface area (Å²) in [6, 6.07) is 1.62. The van der Waals surface area contributed by atoms with Crippen molar-refractivity contribution in [3.8, 4) is 0 Å². The Morgan fingerprint density at radius 1 is 1.48 bits per heavy atom. The van der Waals surface area contributed by atoms with Gasteiger partial charge in [-0.3, -0.25) is 4.79 Å². The molecular formula is C12H18BrN3O3S2. The monoisotopic (exact) mass is 395 g/mol. The predicted octanol–water partition coefficient (Wildman–Crippen LogP) is 0.871. The topological polar surface area (TPSA) is 69.7 Å². The second-order valence-corrected chi connectivity index (χ2v) is 9.56. The Hall–Kier alpha value is -0.480. The van der Waals surface area contributed by atoms with Gasteiger partial charge in [-0.25, -0.2) is 8.42 Å². The molecule has 1 aromatic heterocycles. The van der Waals surface area contributed by atoms with Gasteiger partial charge in [-0.15, -0.1) is 11.3 Å². The largest absolute Gasteiger partial charge is 0.339 e. The molecular weight excluding hydrogens is 378 g/mol. The lowest BCUT2D eigenvalue weighted by atomic mass is 10.3. The summed E-state index contributed by atoms with van der Waals surface area (Å²) < 4.78 is 27.1. The van der Waals surface area contributed by atoms with Crippen molar-refractivity contribution in [2.75, 3.05) is 39.8 Å². The third-order valence-corrected chi connectivity index (χ3v) is 7.72. The molecule has 0 atom stereocenters. The highest BCUT2D eigenvalue weighted by molar-refractivity contribution is 9.11. The van der Waals surface area contributed by atoms with Crippen molar-refractivity contribution in [2.45, 2.75) is 11.1 Å². The number of amides is 1. The van der Waals surface area contributed by atoms with E-state index in [4.69, 9.17) is 0 Å². The van der Waals surface area contributed by atoms with Crippen LogP contribution in [0.4, 0.5) is 0 Å². The Bertz CT molecular complexity index is 604. The summed E-state index contributed by atoms with van der Waals surface area (Å²) >= 11 is 4.49. The Morgan fingerprint density at radius 2 is 2.10 bits per heavy atom. The highest BCUT2D eigenvalue weighted by atomic mass is 79.9. The molecule has 9 heteroatoms. The molecule has 118 valence electrons. The molecule has 1 aliphatic heterocycles. The first-order chi connectivity index (χ1) is 9.82. The third kappa shape index (κ3) is 3.84. The molecule has 0 bridgehead atoms. The number of thiophene rings is 1. The van der Waals surface area contributed by atoms with Gasteiger partial charge in [0.15, 0.2) is 0 Å². The number of sulfonamides is 1. The number of hydrogen-bond acceptors (Lipinski definition) is 5. The van der Waals surface area contributed by atoms with Crippen LogP contribution in [0.5, 0.6) is 0 Å². The third-order valence-electron chi connectivity index (χ3n) is 3.33. The van der Waals surface area contributed by atoms with Crippen LogP contribution < -0.4 is 5.32 Å². The number of nitrogens with one attached hydrogen (secondary N) is 1. The van der Waals surface area contributed by atoms with Crippen LogP contribution in [0.1, 0.15) is 5.56 Å². The second-order valence-electron chi connectivity index (χ2n) is 4.91. The molecule has 1 saturated heterocycles. The van der Waals surface area contributed by atoms with Gasteiger partial charge in [-0.2, -0.15) is 4.31 Å². The highest BCUT2D eigenvalue weighted by Gasteiger charge is 2.27. The van der Waals surface area contributed by atoms with E-state index in [0.29, 0.717) is 13.1 Å². The van der Waals surface area contributed by atoms with Crippen LogP contribution in [0.15, 0.2) is 14.1 Å². The maximum absolute atomic E-state index is 12.4. The van der Waals surface area contributed by atoms with E-state index in [1.807, 2.05) is 6.92 Å². The van der Waals surface area contributed by atoms with E-state index in [9.17, 15) is 13.2 Å². The first kappa shape index (κ1) is 16.9. The molecule has 1 amide bonds. The average molecular weight is 396 g/mol. The van der Waals surface area contributed by atoms with Crippen molar-refractivity contribution in [1.29, 1.82) is 0 Å². The maximum Gasteiger partial charge on any atom is 0.252 e. The van der Waals surface area contributed by atoms with Crippen LogP contribution >= 0.6 is 27.3 Å². The fraction of sp³-hybridized carbons (Fsp3) is 0.583. The molecule has 1 aromatic rings. The normalized spacial score (nSPS) is 16.5. The molecule has 0 unspecified atom stereocenters. The highest BCUT2D eigenvalue weighted by Crippen LogP contribution is 2.31. The first-order valence-corrected chi connectivity index (χ1v) is 9.58. The van der Waals surface area contributed by atoms with Crippen LogP contribution in [0.2, 0.25) is 0 Å². The number of piperazine rings is 1. The van der Waals surface area contributed by atoms with Gasteiger partial charge in [-0.05, 0) is 34.5 Å². The summed E-state index contributed by atoms with van der Waals surface area (Å²) in [6.45, 7) is 4.45. The number of hydrogen-bond donors (Lipinski definition) is 1. The van der Waals surface area contributed by atoms with Crippen molar-refractivity contribution in [2.24, 2.45) is 0 Å². The van der Waals surface area contributed by atoms with E-state index < -0.39 is 10.0 Å². The van der Waals surface area contributed by atoms with E-state index in [1.165, 1.54) is 7.05 Å². The summed E-state index contributed by atoms with van der Waals surface area (Å²) in [6.07, 6.45) is 0. The number of nitrogens with zero attached hydrogens (tertiary/aromatic N) is 2. The average Bonchev–Trinajstić information content (AvgIpc) is 2.80. The lowest BCUT2D eigenvalue weighted by Gasteiger charge is -2.28. The smallest absolute Gasteiger partial charge is 0.252 e. The minimum absolute atomic E-state index is 0.128. The van der Waals surface area contributed by atoms with Crippen LogP contribution in [0, 0.1) is 6.92 Å². The SMILES string of the molecule is Cc1cc(S(=O)(=O)N(C)CC(=O)N2CCNCC2)sc1Br. The van der Waals surface area contributed by atoms with Crippen molar-refractivity contribution in [3.63, 3.8) is 0 Å². The van der Waals surface area contributed by atoms with Crippen molar-refractivity contribution >= 4 is 43.2 Å². The quantitative estimate of drug-likeness (QED) is 0.820. The molecule has 1 fully saturated rings. The van der Waals surface area contributed by atoms with Crippen molar-refractivity contribution in [1.82, 2.24) is 14.5 Å². The zero-order chi connectivity index (χ0) is 15.6. The molecule has 2 heterocycles. The number of halogens is 1. The summed E-state index contributed by atoms with van der Waals surface area (Å²) in [5.74, 6) is -0.157. The van der Waals surface area contributed by atoms with Crippen LogP contribution in [-0.2, 0) is 14.8 Å².